The van der Waals surface area contributed by atoms with Gasteiger partial charge in [-0.2, -0.15) is 4.31 Å². The minimum atomic E-state index is -3.78. The summed E-state index contributed by atoms with van der Waals surface area (Å²) in [6, 6.07) is 32.8. The predicted molar refractivity (Wildman–Crippen MR) is 166 cm³/mol. The topological polar surface area (TPSA) is 86.8 Å². The quantitative estimate of drug-likeness (QED) is 0.229. The molecule has 0 aliphatic carbocycles. The lowest BCUT2D eigenvalue weighted by molar-refractivity contribution is -0.141. The zero-order valence-corrected chi connectivity index (χ0v) is 24.9. The minimum Gasteiger partial charge on any atom is -0.354 e. The summed E-state index contributed by atoms with van der Waals surface area (Å²) in [5, 5.41) is 2.98. The van der Waals surface area contributed by atoms with Crippen LogP contribution in [0.4, 0.5) is 4.39 Å². The fourth-order valence-electron chi connectivity index (χ4n) is 4.75. The van der Waals surface area contributed by atoms with E-state index in [4.69, 9.17) is 0 Å². The number of benzene rings is 4. The van der Waals surface area contributed by atoms with Crippen LogP contribution in [0.25, 0.3) is 0 Å². The molecule has 0 aliphatic heterocycles. The molecule has 9 heteroatoms. The van der Waals surface area contributed by atoms with Crippen molar-refractivity contribution >= 4 is 21.8 Å². The van der Waals surface area contributed by atoms with E-state index in [-0.39, 0.29) is 25.4 Å². The smallest absolute Gasteiger partial charge is 0.243 e. The monoisotopic (exact) mass is 601 g/mol. The Morgan fingerprint density at radius 1 is 0.721 bits per heavy atom. The van der Waals surface area contributed by atoms with Crippen LogP contribution in [0.5, 0.6) is 0 Å². The molecular formula is C34H36FN3O4S. The first-order valence-corrected chi connectivity index (χ1v) is 15.9. The third kappa shape index (κ3) is 9.87. The fourth-order valence-corrected chi connectivity index (χ4v) is 5.48. The number of sulfonamides is 1. The van der Waals surface area contributed by atoms with Crippen molar-refractivity contribution in [3.63, 3.8) is 0 Å². The number of carbonyl (C=O) groups is 2. The summed E-state index contributed by atoms with van der Waals surface area (Å²) in [6.07, 6.45) is 1.88. The van der Waals surface area contributed by atoms with Gasteiger partial charge in [-0.15, -0.1) is 0 Å². The maximum absolute atomic E-state index is 14.1. The first-order chi connectivity index (χ1) is 20.7. The molecule has 4 rings (SSSR count). The van der Waals surface area contributed by atoms with E-state index in [1.165, 1.54) is 17.0 Å². The van der Waals surface area contributed by atoms with Gasteiger partial charge in [0.2, 0.25) is 21.8 Å². The van der Waals surface area contributed by atoms with Crippen LogP contribution < -0.4 is 5.32 Å². The molecule has 0 aromatic heterocycles. The van der Waals surface area contributed by atoms with Crippen LogP contribution in [-0.4, -0.2) is 54.8 Å². The number of nitrogens with one attached hydrogen (secondary N) is 1. The molecule has 1 atom stereocenters. The van der Waals surface area contributed by atoms with Crippen molar-refractivity contribution in [2.75, 3.05) is 19.3 Å². The Morgan fingerprint density at radius 3 is 1.79 bits per heavy atom. The van der Waals surface area contributed by atoms with E-state index in [9.17, 15) is 22.4 Å². The first-order valence-electron chi connectivity index (χ1n) is 14.1. The second-order valence-corrected chi connectivity index (χ2v) is 12.4. The molecule has 224 valence electrons. The van der Waals surface area contributed by atoms with Gasteiger partial charge in [0.15, 0.2) is 0 Å². The van der Waals surface area contributed by atoms with Crippen LogP contribution in [0.2, 0.25) is 0 Å². The van der Waals surface area contributed by atoms with Crippen LogP contribution in [0, 0.1) is 5.82 Å². The van der Waals surface area contributed by atoms with Gasteiger partial charge < -0.3 is 10.2 Å². The summed E-state index contributed by atoms with van der Waals surface area (Å²) in [7, 11) is -3.78. The van der Waals surface area contributed by atoms with Gasteiger partial charge in [-0.1, -0.05) is 103 Å². The molecule has 0 spiro atoms. The Morgan fingerprint density at radius 2 is 1.23 bits per heavy atom. The summed E-state index contributed by atoms with van der Waals surface area (Å²) in [6.45, 7) is -0.109. The Labute approximate surface area is 253 Å². The van der Waals surface area contributed by atoms with Crippen molar-refractivity contribution in [1.82, 2.24) is 14.5 Å². The van der Waals surface area contributed by atoms with Crippen molar-refractivity contribution in [3.05, 3.63) is 143 Å². The van der Waals surface area contributed by atoms with Gasteiger partial charge in [-0.05, 0) is 40.8 Å². The van der Waals surface area contributed by atoms with E-state index in [0.717, 1.165) is 27.3 Å². The molecule has 0 saturated carbocycles. The average molecular weight is 602 g/mol. The first kappa shape index (κ1) is 31.6. The van der Waals surface area contributed by atoms with Crippen molar-refractivity contribution in [2.45, 2.75) is 32.0 Å². The predicted octanol–water partition coefficient (Wildman–Crippen LogP) is 4.59. The molecule has 0 radical (unpaired) electrons. The molecule has 4 aromatic carbocycles. The van der Waals surface area contributed by atoms with Crippen molar-refractivity contribution in [1.29, 1.82) is 0 Å². The molecule has 0 saturated heterocycles. The Kier molecular flexibility index (Phi) is 11.2. The van der Waals surface area contributed by atoms with Crippen LogP contribution in [0.15, 0.2) is 115 Å². The number of amides is 2. The number of hydrogen-bond donors (Lipinski definition) is 1. The molecule has 0 unspecified atom stereocenters. The van der Waals surface area contributed by atoms with Crippen LogP contribution >= 0.6 is 0 Å². The van der Waals surface area contributed by atoms with Crippen molar-refractivity contribution < 1.29 is 22.4 Å². The lowest BCUT2D eigenvalue weighted by Crippen LogP contribution is -2.53. The molecule has 4 aromatic rings. The summed E-state index contributed by atoms with van der Waals surface area (Å²) in [5.74, 6) is -1.32. The van der Waals surface area contributed by atoms with Gasteiger partial charge in [0.05, 0.1) is 12.8 Å². The van der Waals surface area contributed by atoms with Crippen LogP contribution in [0.1, 0.15) is 22.3 Å². The van der Waals surface area contributed by atoms with E-state index in [2.05, 4.69) is 5.32 Å². The summed E-state index contributed by atoms with van der Waals surface area (Å²) < 4.78 is 40.4. The van der Waals surface area contributed by atoms with Gasteiger partial charge in [-0.3, -0.25) is 9.59 Å². The zero-order valence-electron chi connectivity index (χ0n) is 24.1. The van der Waals surface area contributed by atoms with Crippen LogP contribution in [-0.2, 0) is 45.5 Å². The normalized spacial score (nSPS) is 12.1. The zero-order chi connectivity index (χ0) is 30.7. The van der Waals surface area contributed by atoms with E-state index >= 15 is 0 Å². The molecule has 1 N–H and O–H groups in total. The van der Waals surface area contributed by atoms with E-state index in [1.807, 2.05) is 66.7 Å². The molecule has 0 fully saturated rings. The van der Waals surface area contributed by atoms with Gasteiger partial charge in [0.25, 0.3) is 0 Å². The summed E-state index contributed by atoms with van der Waals surface area (Å²) >= 11 is 0. The fraction of sp³-hybridized carbons (Fsp3) is 0.235. The van der Waals surface area contributed by atoms with Gasteiger partial charge in [0.1, 0.15) is 11.9 Å². The number of halogens is 1. The largest absolute Gasteiger partial charge is 0.354 e. The second kappa shape index (κ2) is 15.2. The summed E-state index contributed by atoms with van der Waals surface area (Å²) in [5.41, 5.74) is 3.24. The van der Waals surface area contributed by atoms with Gasteiger partial charge in [-0.25, -0.2) is 12.8 Å². The number of carbonyl (C=O) groups excluding carboxylic acids is 2. The number of hydrogen-bond acceptors (Lipinski definition) is 4. The van der Waals surface area contributed by atoms with Gasteiger partial charge >= 0.3 is 0 Å². The van der Waals surface area contributed by atoms with Crippen molar-refractivity contribution in [2.24, 2.45) is 0 Å². The SMILES string of the molecule is CS(=O)(=O)N(CC(=O)N(Cc1ccc(F)cc1)[C@@H](Cc1ccccc1)C(=O)NCCc1ccccc1)Cc1ccccc1. The third-order valence-corrected chi connectivity index (χ3v) is 8.27. The second-order valence-electron chi connectivity index (χ2n) is 10.4. The average Bonchev–Trinajstić information content (AvgIpc) is 3.00. The molecular weight excluding hydrogens is 565 g/mol. The number of rotatable bonds is 14. The molecule has 0 aliphatic rings. The molecule has 0 heterocycles. The highest BCUT2D eigenvalue weighted by atomic mass is 32.2. The highest BCUT2D eigenvalue weighted by molar-refractivity contribution is 7.88. The lowest BCUT2D eigenvalue weighted by atomic mass is 10.0. The van der Waals surface area contributed by atoms with Gasteiger partial charge in [0, 0.05) is 26.1 Å². The lowest BCUT2D eigenvalue weighted by Gasteiger charge is -2.33. The molecule has 2 amide bonds. The Hall–Kier alpha value is -4.34. The van der Waals surface area contributed by atoms with Crippen LogP contribution in [0.3, 0.4) is 0 Å². The van der Waals surface area contributed by atoms with Crippen molar-refractivity contribution in [3.8, 4) is 0 Å². The molecule has 43 heavy (non-hydrogen) atoms. The van der Waals surface area contributed by atoms with E-state index < -0.39 is 34.3 Å². The Balaban J connectivity index is 1.64. The maximum Gasteiger partial charge on any atom is 0.243 e. The maximum atomic E-state index is 14.1. The minimum absolute atomic E-state index is 0.00241. The number of nitrogens with zero attached hydrogens (tertiary/aromatic N) is 2. The standard InChI is InChI=1S/C34H36FN3O4S/c1-43(41,42)37(24-29-15-9-4-10-16-29)26-33(39)38(25-30-17-19-31(35)20-18-30)32(23-28-13-7-3-8-14-28)34(40)36-22-21-27-11-5-2-6-12-27/h2-20,32H,21-26H2,1H3,(H,36,40)/t32-/m0/s1. The highest BCUT2D eigenvalue weighted by Crippen LogP contribution is 2.17. The third-order valence-electron chi connectivity index (χ3n) is 7.08. The Bertz CT molecular complexity index is 1570. The molecule has 7 nitrogen and oxygen atoms in total. The van der Waals surface area contributed by atoms with E-state index in [0.29, 0.717) is 18.5 Å². The summed E-state index contributed by atoms with van der Waals surface area (Å²) in [4.78, 5) is 29.3. The van der Waals surface area contributed by atoms with E-state index in [1.54, 1.807) is 36.4 Å². The molecule has 0 bridgehead atoms. The highest BCUT2D eigenvalue weighted by Gasteiger charge is 2.32.